The molecule has 0 aliphatic carbocycles. The van der Waals surface area contributed by atoms with E-state index in [2.05, 4.69) is 35.3 Å². The van der Waals surface area contributed by atoms with Crippen LogP contribution < -0.4 is 10.1 Å². The second-order valence-electron chi connectivity index (χ2n) is 7.47. The maximum atomic E-state index is 6.00. The van der Waals surface area contributed by atoms with Crippen molar-refractivity contribution in [1.29, 1.82) is 0 Å². The molecule has 3 heterocycles. The van der Waals surface area contributed by atoms with Crippen molar-refractivity contribution in [3.05, 3.63) is 29.8 Å². The molecule has 6 nitrogen and oxygen atoms in total. The van der Waals surface area contributed by atoms with E-state index in [1.807, 2.05) is 6.07 Å². The Hall–Kier alpha value is -1.79. The Kier molecular flexibility index (Phi) is 6.14. The van der Waals surface area contributed by atoms with E-state index in [4.69, 9.17) is 19.2 Å². The number of morpholine rings is 1. The van der Waals surface area contributed by atoms with E-state index >= 15 is 0 Å². The zero-order valence-corrected chi connectivity index (χ0v) is 16.2. The molecular weight excluding hydrogens is 342 g/mol. The summed E-state index contributed by atoms with van der Waals surface area (Å²) in [7, 11) is 0. The first-order chi connectivity index (χ1) is 13.3. The quantitative estimate of drug-likeness (QED) is 0.649. The molecule has 3 unspecified atom stereocenters. The average Bonchev–Trinajstić information content (AvgIpc) is 3.26. The van der Waals surface area contributed by atoms with E-state index in [0.29, 0.717) is 5.92 Å². The zero-order chi connectivity index (χ0) is 18.5. The van der Waals surface area contributed by atoms with Gasteiger partial charge in [-0.2, -0.15) is 0 Å². The minimum atomic E-state index is 0.147. The Balaban J connectivity index is 1.44. The van der Waals surface area contributed by atoms with Gasteiger partial charge in [0, 0.05) is 38.7 Å². The van der Waals surface area contributed by atoms with Crippen molar-refractivity contribution in [2.45, 2.75) is 44.3 Å². The first-order valence-electron chi connectivity index (χ1n) is 10.3. The number of hydrogen-bond donors (Lipinski definition) is 1. The van der Waals surface area contributed by atoms with Crippen molar-refractivity contribution in [2.75, 3.05) is 46.0 Å². The molecule has 6 heteroatoms. The van der Waals surface area contributed by atoms with Crippen LogP contribution in [-0.2, 0) is 9.47 Å². The lowest BCUT2D eigenvalue weighted by Gasteiger charge is -2.37. The highest BCUT2D eigenvalue weighted by atomic mass is 16.5. The number of ether oxygens (including phenoxy) is 3. The number of hydrogen-bond acceptors (Lipinski definition) is 4. The van der Waals surface area contributed by atoms with Crippen molar-refractivity contribution >= 4 is 5.96 Å². The molecule has 4 rings (SSSR count). The summed E-state index contributed by atoms with van der Waals surface area (Å²) in [6.07, 6.45) is 3.64. The van der Waals surface area contributed by atoms with Crippen molar-refractivity contribution < 1.29 is 14.2 Å². The van der Waals surface area contributed by atoms with Gasteiger partial charge in [-0.15, -0.1) is 0 Å². The largest absolute Gasteiger partial charge is 0.493 e. The summed E-state index contributed by atoms with van der Waals surface area (Å²) in [6.45, 7) is 7.86. The topological polar surface area (TPSA) is 55.3 Å². The molecule has 3 aliphatic heterocycles. The minimum absolute atomic E-state index is 0.147. The molecule has 0 aromatic heterocycles. The van der Waals surface area contributed by atoms with Crippen LogP contribution in [0.3, 0.4) is 0 Å². The lowest BCUT2D eigenvalue weighted by molar-refractivity contribution is -0.0817. The first-order valence-corrected chi connectivity index (χ1v) is 10.3. The van der Waals surface area contributed by atoms with Crippen molar-refractivity contribution in [3.63, 3.8) is 0 Å². The standard InChI is InChI=1S/C21H31N3O3/c1-2-22-21(24-10-13-27-20(15-24)19-8-5-11-25-19)23-14-16-9-12-26-18-7-4-3-6-17(16)18/h3-4,6-7,16,19-20H,2,5,8-15H2,1H3,(H,22,23). The van der Waals surface area contributed by atoms with E-state index in [-0.39, 0.29) is 12.2 Å². The van der Waals surface area contributed by atoms with Crippen LogP contribution in [0.4, 0.5) is 0 Å². The molecule has 148 valence electrons. The maximum Gasteiger partial charge on any atom is 0.194 e. The van der Waals surface area contributed by atoms with Gasteiger partial charge < -0.3 is 24.4 Å². The van der Waals surface area contributed by atoms with Crippen LogP contribution in [-0.4, -0.2) is 69.1 Å². The van der Waals surface area contributed by atoms with E-state index in [9.17, 15) is 0 Å². The van der Waals surface area contributed by atoms with Crippen molar-refractivity contribution in [3.8, 4) is 5.75 Å². The number of guanidine groups is 1. The van der Waals surface area contributed by atoms with Crippen LogP contribution in [0.15, 0.2) is 29.3 Å². The SMILES string of the molecule is CCNC(=NCC1CCOc2ccccc21)N1CCOC(C2CCCO2)C1. The Morgan fingerprint density at radius 2 is 2.04 bits per heavy atom. The summed E-state index contributed by atoms with van der Waals surface area (Å²) in [6, 6.07) is 8.35. The number of para-hydroxylation sites is 1. The summed E-state index contributed by atoms with van der Waals surface area (Å²) in [5.41, 5.74) is 1.28. The highest BCUT2D eigenvalue weighted by Crippen LogP contribution is 2.33. The smallest absolute Gasteiger partial charge is 0.194 e. The van der Waals surface area contributed by atoms with Crippen LogP contribution in [0, 0.1) is 0 Å². The summed E-state index contributed by atoms with van der Waals surface area (Å²) >= 11 is 0. The molecule has 0 saturated carbocycles. The Labute approximate surface area is 161 Å². The lowest BCUT2D eigenvalue weighted by atomic mass is 9.93. The van der Waals surface area contributed by atoms with Gasteiger partial charge in [0.05, 0.1) is 19.3 Å². The van der Waals surface area contributed by atoms with E-state index in [0.717, 1.165) is 77.0 Å². The van der Waals surface area contributed by atoms with Crippen LogP contribution in [0.5, 0.6) is 5.75 Å². The molecule has 0 spiro atoms. The van der Waals surface area contributed by atoms with Gasteiger partial charge in [0.15, 0.2) is 5.96 Å². The van der Waals surface area contributed by atoms with Crippen molar-refractivity contribution in [2.24, 2.45) is 4.99 Å². The molecule has 0 amide bonds. The molecular formula is C21H31N3O3. The first kappa shape index (κ1) is 18.6. The van der Waals surface area contributed by atoms with Crippen molar-refractivity contribution in [1.82, 2.24) is 10.2 Å². The number of benzene rings is 1. The fourth-order valence-corrected chi connectivity index (χ4v) is 4.22. The van der Waals surface area contributed by atoms with Crippen LogP contribution in [0.1, 0.15) is 37.7 Å². The fourth-order valence-electron chi connectivity index (χ4n) is 4.22. The Bertz CT molecular complexity index is 645. The second-order valence-corrected chi connectivity index (χ2v) is 7.47. The number of nitrogens with zero attached hydrogens (tertiary/aromatic N) is 2. The second kappa shape index (κ2) is 8.93. The van der Waals surface area contributed by atoms with E-state index < -0.39 is 0 Å². The lowest BCUT2D eigenvalue weighted by Crippen LogP contribution is -2.53. The molecule has 1 aromatic carbocycles. The average molecular weight is 373 g/mol. The third-order valence-electron chi connectivity index (χ3n) is 5.65. The molecule has 1 N–H and O–H groups in total. The molecule has 1 aromatic rings. The predicted octanol–water partition coefficient (Wildman–Crippen LogP) is 2.40. The molecule has 2 fully saturated rings. The summed E-state index contributed by atoms with van der Waals surface area (Å²) in [4.78, 5) is 7.34. The maximum absolute atomic E-state index is 6.00. The predicted molar refractivity (Wildman–Crippen MR) is 106 cm³/mol. The fraction of sp³-hybridized carbons (Fsp3) is 0.667. The highest BCUT2D eigenvalue weighted by Gasteiger charge is 2.32. The Morgan fingerprint density at radius 3 is 2.89 bits per heavy atom. The minimum Gasteiger partial charge on any atom is -0.493 e. The van der Waals surface area contributed by atoms with Gasteiger partial charge >= 0.3 is 0 Å². The summed E-state index contributed by atoms with van der Waals surface area (Å²) < 4.78 is 17.6. The molecule has 27 heavy (non-hydrogen) atoms. The summed E-state index contributed by atoms with van der Waals surface area (Å²) in [5.74, 6) is 2.42. The van der Waals surface area contributed by atoms with Crippen LogP contribution >= 0.6 is 0 Å². The third kappa shape index (κ3) is 4.38. The number of rotatable bonds is 4. The van der Waals surface area contributed by atoms with E-state index in [1.165, 1.54) is 5.56 Å². The van der Waals surface area contributed by atoms with Gasteiger partial charge in [-0.25, -0.2) is 0 Å². The van der Waals surface area contributed by atoms with Gasteiger partial charge in [-0.05, 0) is 37.8 Å². The van der Waals surface area contributed by atoms with Crippen LogP contribution in [0.2, 0.25) is 0 Å². The van der Waals surface area contributed by atoms with Gasteiger partial charge in [-0.3, -0.25) is 4.99 Å². The molecule has 0 bridgehead atoms. The Morgan fingerprint density at radius 1 is 1.15 bits per heavy atom. The van der Waals surface area contributed by atoms with Gasteiger partial charge in [0.2, 0.25) is 0 Å². The van der Waals surface area contributed by atoms with Gasteiger partial charge in [0.1, 0.15) is 11.9 Å². The third-order valence-corrected chi connectivity index (χ3v) is 5.65. The monoisotopic (exact) mass is 373 g/mol. The molecule has 3 atom stereocenters. The zero-order valence-electron chi connectivity index (χ0n) is 16.2. The molecule has 0 radical (unpaired) electrons. The van der Waals surface area contributed by atoms with Gasteiger partial charge in [0.25, 0.3) is 0 Å². The summed E-state index contributed by atoms with van der Waals surface area (Å²) in [5, 5.41) is 3.48. The van der Waals surface area contributed by atoms with Gasteiger partial charge in [-0.1, -0.05) is 18.2 Å². The van der Waals surface area contributed by atoms with Crippen LogP contribution in [0.25, 0.3) is 0 Å². The number of aliphatic imine (C=N–C) groups is 1. The normalized spacial score (nSPS) is 28.6. The molecule has 2 saturated heterocycles. The number of fused-ring (bicyclic) bond motifs is 1. The van der Waals surface area contributed by atoms with E-state index in [1.54, 1.807) is 0 Å². The highest BCUT2D eigenvalue weighted by molar-refractivity contribution is 5.80. The molecule has 3 aliphatic rings. The number of nitrogens with one attached hydrogen (secondary N) is 1.